The lowest BCUT2D eigenvalue weighted by Gasteiger charge is -2.35. The van der Waals surface area contributed by atoms with Crippen molar-refractivity contribution in [2.24, 2.45) is 0 Å². The second-order valence-electron chi connectivity index (χ2n) is 8.97. The molecule has 1 aliphatic rings. The number of rotatable bonds is 7. The number of piperazine rings is 1. The van der Waals surface area contributed by atoms with Crippen molar-refractivity contribution in [2.75, 3.05) is 39.8 Å². The molecule has 2 amide bonds. The van der Waals surface area contributed by atoms with Gasteiger partial charge in [0.15, 0.2) is 0 Å². The van der Waals surface area contributed by atoms with E-state index in [4.69, 9.17) is 0 Å². The molecule has 0 radical (unpaired) electrons. The molecule has 0 aromatic heterocycles. The van der Waals surface area contributed by atoms with Crippen molar-refractivity contribution >= 4 is 16.8 Å². The minimum atomic E-state index is -0.110. The van der Waals surface area contributed by atoms with Gasteiger partial charge in [0, 0.05) is 38.8 Å². The molecule has 1 heterocycles. The lowest BCUT2D eigenvalue weighted by atomic mass is 10.0. The van der Waals surface area contributed by atoms with Crippen LogP contribution in [0, 0.1) is 0 Å². The summed E-state index contributed by atoms with van der Waals surface area (Å²) in [4.78, 5) is 17.7. The number of nitrogens with one attached hydrogen (secondary N) is 2. The van der Waals surface area contributed by atoms with Crippen molar-refractivity contribution in [1.82, 2.24) is 20.4 Å². The maximum Gasteiger partial charge on any atom is 0.315 e. The van der Waals surface area contributed by atoms with Crippen molar-refractivity contribution < 1.29 is 4.79 Å². The molecule has 2 N–H and O–H groups in total. The molecule has 5 nitrogen and oxygen atoms in total. The Kier molecular flexibility index (Phi) is 7.40. The largest absolute Gasteiger partial charge is 0.335 e. The molecule has 1 fully saturated rings. The Balaban J connectivity index is 1.36. The Morgan fingerprint density at radius 3 is 2.31 bits per heavy atom. The molecule has 0 aliphatic carbocycles. The zero-order valence-electron chi connectivity index (χ0n) is 19.1. The van der Waals surface area contributed by atoms with E-state index in [0.717, 1.165) is 44.7 Å². The van der Waals surface area contributed by atoms with Gasteiger partial charge in [-0.25, -0.2) is 4.79 Å². The molecular weight excluding hydrogens is 396 g/mol. The van der Waals surface area contributed by atoms with Gasteiger partial charge in [0.25, 0.3) is 0 Å². The summed E-state index contributed by atoms with van der Waals surface area (Å²) in [7, 11) is 2.16. The van der Waals surface area contributed by atoms with E-state index in [2.05, 4.69) is 89.0 Å². The number of carbonyl (C=O) groups is 1. The molecule has 2 unspecified atom stereocenters. The quantitative estimate of drug-likeness (QED) is 0.594. The number of hydrogen-bond donors (Lipinski definition) is 2. The zero-order chi connectivity index (χ0) is 22.3. The van der Waals surface area contributed by atoms with Crippen LogP contribution in [-0.4, -0.2) is 61.6 Å². The highest BCUT2D eigenvalue weighted by Crippen LogP contribution is 2.18. The van der Waals surface area contributed by atoms with Crippen molar-refractivity contribution in [3.8, 4) is 0 Å². The SMILES string of the molecule is CC(Cc1ccc2ccccc2c1)NC(=O)NC(CN1CCN(C)CC1)c1ccccc1. The first kappa shape index (κ1) is 22.3. The zero-order valence-corrected chi connectivity index (χ0v) is 19.1. The molecule has 0 spiro atoms. The number of hydrogen-bond acceptors (Lipinski definition) is 3. The van der Waals surface area contributed by atoms with Crippen LogP contribution in [0.2, 0.25) is 0 Å². The van der Waals surface area contributed by atoms with Gasteiger partial charge in [0.05, 0.1) is 6.04 Å². The highest BCUT2D eigenvalue weighted by molar-refractivity contribution is 5.83. The number of urea groups is 1. The van der Waals surface area contributed by atoms with E-state index >= 15 is 0 Å². The second kappa shape index (κ2) is 10.6. The fourth-order valence-electron chi connectivity index (χ4n) is 4.40. The van der Waals surface area contributed by atoms with Crippen LogP contribution in [-0.2, 0) is 6.42 Å². The standard InChI is InChI=1S/C27H34N4O/c1-21(18-22-12-13-23-8-6-7-11-25(23)19-22)28-27(32)29-26(24-9-4-3-5-10-24)20-31-16-14-30(2)15-17-31/h3-13,19,21,26H,14-18,20H2,1-2H3,(H2,28,29,32). The molecule has 4 rings (SSSR count). The minimum absolute atomic E-state index is 0.0347. The molecular formula is C27H34N4O. The van der Waals surface area contributed by atoms with Gasteiger partial charge in [-0.2, -0.15) is 0 Å². The third kappa shape index (κ3) is 6.09. The van der Waals surface area contributed by atoms with Crippen molar-refractivity contribution in [1.29, 1.82) is 0 Å². The number of nitrogens with zero attached hydrogens (tertiary/aromatic N) is 2. The van der Waals surface area contributed by atoms with Gasteiger partial charge in [-0.15, -0.1) is 0 Å². The molecule has 5 heteroatoms. The average molecular weight is 431 g/mol. The van der Waals surface area contributed by atoms with Crippen LogP contribution in [0.5, 0.6) is 0 Å². The van der Waals surface area contributed by atoms with Crippen molar-refractivity contribution in [3.63, 3.8) is 0 Å². The number of carbonyl (C=O) groups excluding carboxylic acids is 1. The Morgan fingerprint density at radius 2 is 1.56 bits per heavy atom. The average Bonchev–Trinajstić information content (AvgIpc) is 2.80. The van der Waals surface area contributed by atoms with Gasteiger partial charge in [-0.1, -0.05) is 72.8 Å². The first-order valence-electron chi connectivity index (χ1n) is 11.6. The van der Waals surface area contributed by atoms with E-state index in [0.29, 0.717) is 0 Å². The smallest absolute Gasteiger partial charge is 0.315 e. The van der Waals surface area contributed by atoms with Gasteiger partial charge in [0.2, 0.25) is 0 Å². The van der Waals surface area contributed by atoms with E-state index in [-0.39, 0.29) is 18.1 Å². The summed E-state index contributed by atoms with van der Waals surface area (Å²) in [6, 6.07) is 25.1. The summed E-state index contributed by atoms with van der Waals surface area (Å²) in [6.45, 7) is 7.08. The Morgan fingerprint density at radius 1 is 0.875 bits per heavy atom. The van der Waals surface area contributed by atoms with Gasteiger partial charge < -0.3 is 15.5 Å². The van der Waals surface area contributed by atoms with Crippen LogP contribution in [0.25, 0.3) is 10.8 Å². The molecule has 1 saturated heterocycles. The molecule has 2 atom stereocenters. The van der Waals surface area contributed by atoms with E-state index in [9.17, 15) is 4.79 Å². The van der Waals surface area contributed by atoms with Crippen LogP contribution < -0.4 is 10.6 Å². The van der Waals surface area contributed by atoms with Crippen LogP contribution in [0.4, 0.5) is 4.79 Å². The Labute approximate surface area is 191 Å². The maximum atomic E-state index is 12.9. The highest BCUT2D eigenvalue weighted by Gasteiger charge is 2.21. The van der Waals surface area contributed by atoms with E-state index in [1.165, 1.54) is 16.3 Å². The normalized spacial score (nSPS) is 17.1. The van der Waals surface area contributed by atoms with Crippen LogP contribution in [0.15, 0.2) is 72.8 Å². The number of amides is 2. The van der Waals surface area contributed by atoms with E-state index in [1.54, 1.807) is 0 Å². The minimum Gasteiger partial charge on any atom is -0.335 e. The van der Waals surface area contributed by atoms with E-state index in [1.807, 2.05) is 18.2 Å². The summed E-state index contributed by atoms with van der Waals surface area (Å²) >= 11 is 0. The lowest BCUT2D eigenvalue weighted by Crippen LogP contribution is -2.49. The van der Waals surface area contributed by atoms with Crippen LogP contribution in [0.3, 0.4) is 0 Å². The molecule has 168 valence electrons. The molecule has 0 bridgehead atoms. The lowest BCUT2D eigenvalue weighted by molar-refractivity contribution is 0.142. The first-order chi connectivity index (χ1) is 15.6. The third-order valence-corrected chi connectivity index (χ3v) is 6.28. The summed E-state index contributed by atoms with van der Waals surface area (Å²) in [5.74, 6) is 0. The predicted molar refractivity (Wildman–Crippen MR) is 132 cm³/mol. The second-order valence-corrected chi connectivity index (χ2v) is 8.97. The first-order valence-corrected chi connectivity index (χ1v) is 11.6. The third-order valence-electron chi connectivity index (χ3n) is 6.28. The number of benzene rings is 3. The summed E-state index contributed by atoms with van der Waals surface area (Å²) in [5, 5.41) is 8.85. The Hall–Kier alpha value is -2.89. The summed E-state index contributed by atoms with van der Waals surface area (Å²) in [5.41, 5.74) is 2.37. The van der Waals surface area contributed by atoms with Crippen molar-refractivity contribution in [3.05, 3.63) is 83.9 Å². The summed E-state index contributed by atoms with van der Waals surface area (Å²) in [6.07, 6.45) is 0.798. The predicted octanol–water partition coefficient (Wildman–Crippen LogP) is 4.06. The number of fused-ring (bicyclic) bond motifs is 1. The molecule has 1 aliphatic heterocycles. The molecule has 32 heavy (non-hydrogen) atoms. The van der Waals surface area contributed by atoms with E-state index < -0.39 is 0 Å². The van der Waals surface area contributed by atoms with Gasteiger partial charge in [-0.3, -0.25) is 4.90 Å². The monoisotopic (exact) mass is 430 g/mol. The molecule has 0 saturated carbocycles. The maximum absolute atomic E-state index is 12.9. The Bertz CT molecular complexity index is 1010. The number of likely N-dealkylation sites (N-methyl/N-ethyl adjacent to an activating group) is 1. The molecule has 3 aromatic carbocycles. The fourth-order valence-corrected chi connectivity index (χ4v) is 4.40. The van der Waals surface area contributed by atoms with Crippen LogP contribution >= 0.6 is 0 Å². The summed E-state index contributed by atoms with van der Waals surface area (Å²) < 4.78 is 0. The highest BCUT2D eigenvalue weighted by atomic mass is 16.2. The van der Waals surface area contributed by atoms with Crippen molar-refractivity contribution in [2.45, 2.75) is 25.4 Å². The fraction of sp³-hybridized carbons (Fsp3) is 0.370. The molecule has 3 aromatic rings. The van der Waals surface area contributed by atoms with Gasteiger partial charge >= 0.3 is 6.03 Å². The van der Waals surface area contributed by atoms with Crippen LogP contribution in [0.1, 0.15) is 24.1 Å². The van der Waals surface area contributed by atoms with Gasteiger partial charge in [-0.05, 0) is 42.3 Å². The van der Waals surface area contributed by atoms with Gasteiger partial charge in [0.1, 0.15) is 0 Å². The topological polar surface area (TPSA) is 47.6 Å².